The Labute approximate surface area is 140 Å². The largest absolute Gasteiger partial charge is 0.476 e. The molecule has 0 radical (unpaired) electrons. The van der Waals surface area contributed by atoms with E-state index >= 15 is 0 Å². The van der Waals surface area contributed by atoms with Gasteiger partial charge in [-0.25, -0.2) is 4.79 Å². The first-order chi connectivity index (χ1) is 11.5. The predicted octanol–water partition coefficient (Wildman–Crippen LogP) is -0.0574. The summed E-state index contributed by atoms with van der Waals surface area (Å²) in [5.74, 6) is -1.01. The highest BCUT2D eigenvalue weighted by Gasteiger charge is 2.34. The highest BCUT2D eigenvalue weighted by molar-refractivity contribution is 5.88. The van der Waals surface area contributed by atoms with Gasteiger partial charge in [-0.05, 0) is 26.4 Å². The van der Waals surface area contributed by atoms with Crippen LogP contribution in [0.2, 0.25) is 0 Å². The molecule has 1 fully saturated rings. The Morgan fingerprint density at radius 3 is 2.75 bits per heavy atom. The highest BCUT2D eigenvalue weighted by atomic mass is 16.4. The third-order valence-electron chi connectivity index (χ3n) is 5.02. The van der Waals surface area contributed by atoms with Gasteiger partial charge in [-0.15, -0.1) is 0 Å². The molecule has 0 spiro atoms. The van der Waals surface area contributed by atoms with E-state index in [1.165, 1.54) is 0 Å². The first kappa shape index (κ1) is 16.9. The van der Waals surface area contributed by atoms with Crippen LogP contribution in [0, 0.1) is 0 Å². The summed E-state index contributed by atoms with van der Waals surface area (Å²) in [7, 11) is 1.97. The number of likely N-dealkylation sites (tertiary alicyclic amines) is 1. The van der Waals surface area contributed by atoms with Crippen molar-refractivity contribution in [3.8, 4) is 0 Å². The van der Waals surface area contributed by atoms with Crippen LogP contribution in [-0.4, -0.2) is 74.5 Å². The number of carbonyl (C=O) groups is 2. The maximum absolute atomic E-state index is 12.9. The smallest absolute Gasteiger partial charge is 0.356 e. The number of hydrogen-bond donors (Lipinski definition) is 2. The number of carboxylic acids is 1. The van der Waals surface area contributed by atoms with Crippen molar-refractivity contribution in [2.75, 3.05) is 26.7 Å². The Bertz CT molecular complexity index is 642. The number of aliphatic hydroxyl groups is 1. The normalized spacial score (nSPS) is 21.6. The molecule has 8 nitrogen and oxygen atoms in total. The van der Waals surface area contributed by atoms with Crippen LogP contribution in [0.25, 0.3) is 0 Å². The number of amides is 1. The first-order valence-electron chi connectivity index (χ1n) is 8.44. The number of carbonyl (C=O) groups excluding carboxylic acids is 1. The molecule has 3 heterocycles. The number of piperidine rings is 1. The van der Waals surface area contributed by atoms with Crippen LogP contribution < -0.4 is 0 Å². The zero-order valence-electron chi connectivity index (χ0n) is 13.9. The minimum absolute atomic E-state index is 0.00653. The predicted molar refractivity (Wildman–Crippen MR) is 85.7 cm³/mol. The summed E-state index contributed by atoms with van der Waals surface area (Å²) in [5, 5.41) is 22.6. The summed E-state index contributed by atoms with van der Waals surface area (Å²) < 4.78 is 1.56. The Morgan fingerprint density at radius 1 is 1.29 bits per heavy atom. The summed E-state index contributed by atoms with van der Waals surface area (Å²) in [6.07, 6.45) is 3.59. The van der Waals surface area contributed by atoms with E-state index in [0.717, 1.165) is 31.5 Å². The second-order valence-electron chi connectivity index (χ2n) is 6.53. The van der Waals surface area contributed by atoms with Gasteiger partial charge in [0.1, 0.15) is 0 Å². The average molecular weight is 336 g/mol. The molecule has 2 aliphatic rings. The molecule has 3 rings (SSSR count). The van der Waals surface area contributed by atoms with E-state index in [0.29, 0.717) is 18.5 Å². The fourth-order valence-electron chi connectivity index (χ4n) is 3.73. The summed E-state index contributed by atoms with van der Waals surface area (Å²) in [6, 6.07) is -0.110. The third kappa shape index (κ3) is 3.03. The van der Waals surface area contributed by atoms with Crippen LogP contribution in [0.3, 0.4) is 0 Å². The van der Waals surface area contributed by atoms with E-state index < -0.39 is 5.97 Å². The van der Waals surface area contributed by atoms with E-state index in [1.54, 1.807) is 9.58 Å². The van der Waals surface area contributed by atoms with Crippen molar-refractivity contribution in [2.24, 2.45) is 0 Å². The van der Waals surface area contributed by atoms with Crippen molar-refractivity contribution < 1.29 is 19.8 Å². The Balaban J connectivity index is 1.83. The second-order valence-corrected chi connectivity index (χ2v) is 6.53. The van der Waals surface area contributed by atoms with Gasteiger partial charge in [0.15, 0.2) is 5.69 Å². The molecule has 2 N–H and O–H groups in total. The van der Waals surface area contributed by atoms with E-state index in [-0.39, 0.29) is 37.3 Å². The second kappa shape index (κ2) is 6.90. The Kier molecular flexibility index (Phi) is 4.86. The third-order valence-corrected chi connectivity index (χ3v) is 5.02. The molecule has 24 heavy (non-hydrogen) atoms. The molecule has 1 saturated heterocycles. The lowest BCUT2D eigenvalue weighted by atomic mass is 9.99. The fourth-order valence-corrected chi connectivity index (χ4v) is 3.73. The maximum atomic E-state index is 12.9. The van der Waals surface area contributed by atoms with Crippen molar-refractivity contribution in [1.29, 1.82) is 0 Å². The molecule has 1 unspecified atom stereocenters. The van der Waals surface area contributed by atoms with E-state index in [9.17, 15) is 14.7 Å². The molecule has 0 bridgehead atoms. The van der Waals surface area contributed by atoms with Gasteiger partial charge in [0.05, 0.1) is 19.2 Å². The molecule has 132 valence electrons. The van der Waals surface area contributed by atoms with Crippen molar-refractivity contribution in [2.45, 2.75) is 44.8 Å². The molecule has 1 amide bonds. The van der Waals surface area contributed by atoms with Crippen LogP contribution in [0.15, 0.2) is 0 Å². The zero-order valence-corrected chi connectivity index (χ0v) is 13.9. The summed E-state index contributed by atoms with van der Waals surface area (Å²) in [5.41, 5.74) is 1.42. The summed E-state index contributed by atoms with van der Waals surface area (Å²) in [4.78, 5) is 28.2. The van der Waals surface area contributed by atoms with Crippen molar-refractivity contribution >= 4 is 11.9 Å². The van der Waals surface area contributed by atoms with Crippen LogP contribution >= 0.6 is 0 Å². The fraction of sp³-hybridized carbons (Fsp3) is 0.688. The molecule has 1 aromatic rings. The minimum Gasteiger partial charge on any atom is -0.476 e. The lowest BCUT2D eigenvalue weighted by molar-refractivity contribution is -0.138. The number of carboxylic acid groups (broad SMARTS) is 1. The summed E-state index contributed by atoms with van der Waals surface area (Å²) in [6.45, 7) is 1.94. The molecule has 1 atom stereocenters. The number of hydrogen-bond acceptors (Lipinski definition) is 5. The van der Waals surface area contributed by atoms with Gasteiger partial charge < -0.3 is 15.1 Å². The highest BCUT2D eigenvalue weighted by Crippen LogP contribution is 2.25. The van der Waals surface area contributed by atoms with Crippen molar-refractivity contribution in [3.05, 3.63) is 17.0 Å². The minimum atomic E-state index is -1.09. The number of likely N-dealkylation sites (N-methyl/N-ethyl adjacent to an activating group) is 1. The Hall–Kier alpha value is -1.93. The lowest BCUT2D eigenvalue weighted by Crippen LogP contribution is -2.50. The maximum Gasteiger partial charge on any atom is 0.356 e. The molecule has 0 saturated carbocycles. The van der Waals surface area contributed by atoms with Gasteiger partial charge >= 0.3 is 5.97 Å². The molecule has 1 aromatic heterocycles. The summed E-state index contributed by atoms with van der Waals surface area (Å²) >= 11 is 0. The molecular weight excluding hydrogens is 312 g/mol. The van der Waals surface area contributed by atoms with Crippen molar-refractivity contribution in [1.82, 2.24) is 19.6 Å². The van der Waals surface area contributed by atoms with Gasteiger partial charge in [-0.1, -0.05) is 6.42 Å². The van der Waals surface area contributed by atoms with Gasteiger partial charge in [0.2, 0.25) is 5.91 Å². The van der Waals surface area contributed by atoms with Crippen LogP contribution in [0.5, 0.6) is 0 Å². The Morgan fingerprint density at radius 2 is 2.08 bits per heavy atom. The average Bonchev–Trinajstić information content (AvgIpc) is 2.93. The van der Waals surface area contributed by atoms with Gasteiger partial charge in [0.25, 0.3) is 0 Å². The number of rotatable bonds is 4. The number of aliphatic hydroxyl groups excluding tert-OH is 1. The van der Waals surface area contributed by atoms with Gasteiger partial charge in [-0.2, -0.15) is 5.10 Å². The number of aromatic carboxylic acids is 1. The van der Waals surface area contributed by atoms with E-state index in [1.807, 2.05) is 7.05 Å². The molecule has 8 heteroatoms. The van der Waals surface area contributed by atoms with E-state index in [4.69, 9.17) is 5.11 Å². The number of nitrogens with zero attached hydrogens (tertiary/aromatic N) is 4. The molecular formula is C16H24N4O4. The lowest BCUT2D eigenvalue weighted by Gasteiger charge is -2.37. The zero-order chi connectivity index (χ0) is 17.3. The van der Waals surface area contributed by atoms with Crippen LogP contribution in [-0.2, 0) is 24.3 Å². The van der Waals surface area contributed by atoms with Gasteiger partial charge in [-0.3, -0.25) is 14.4 Å². The standard InChI is InChI=1S/C16H24N4O4/c1-18-6-3-2-4-13(18)15(22)19-7-5-12-11(10-19)14(16(23)24)17-20(12)8-9-21/h13,21H,2-10H2,1H3,(H,23,24). The van der Waals surface area contributed by atoms with Gasteiger partial charge in [0, 0.05) is 30.8 Å². The molecule has 2 aliphatic heterocycles. The topological polar surface area (TPSA) is 98.9 Å². The molecule has 0 aliphatic carbocycles. The van der Waals surface area contributed by atoms with Crippen LogP contribution in [0.4, 0.5) is 0 Å². The molecule has 0 aromatic carbocycles. The van der Waals surface area contributed by atoms with E-state index in [2.05, 4.69) is 10.00 Å². The number of fused-ring (bicyclic) bond motifs is 1. The van der Waals surface area contributed by atoms with Crippen molar-refractivity contribution in [3.63, 3.8) is 0 Å². The van der Waals surface area contributed by atoms with Crippen LogP contribution in [0.1, 0.15) is 41.0 Å². The quantitative estimate of drug-likeness (QED) is 0.799. The number of aromatic nitrogens is 2. The monoisotopic (exact) mass is 336 g/mol. The SMILES string of the molecule is CN1CCCCC1C(=O)N1CCc2c(c(C(=O)O)nn2CCO)C1. The first-order valence-corrected chi connectivity index (χ1v) is 8.44.